The van der Waals surface area contributed by atoms with Crippen molar-refractivity contribution < 1.29 is 22.7 Å². The van der Waals surface area contributed by atoms with Gasteiger partial charge >= 0.3 is 6.09 Å². The summed E-state index contributed by atoms with van der Waals surface area (Å²) in [6.07, 6.45) is 2.66. The van der Waals surface area contributed by atoms with Crippen LogP contribution >= 0.6 is 0 Å². The second kappa shape index (κ2) is 7.92. The summed E-state index contributed by atoms with van der Waals surface area (Å²) in [5.41, 5.74) is 1.68. The molecule has 2 aliphatic heterocycles. The lowest BCUT2D eigenvalue weighted by Crippen LogP contribution is -2.50. The number of sulfonamides is 1. The molecule has 166 valence electrons. The predicted molar refractivity (Wildman–Crippen MR) is 116 cm³/mol. The number of carbonyl (C=O) groups excluding carboxylic acids is 2. The molecule has 1 N–H and O–H groups in total. The number of ether oxygens (including phenoxy) is 1. The minimum absolute atomic E-state index is 0.172. The molecule has 0 unspecified atom stereocenters. The molecule has 2 amide bonds. The summed E-state index contributed by atoms with van der Waals surface area (Å²) in [6, 6.07) is 10.2. The predicted octanol–water partition coefficient (Wildman–Crippen LogP) is 1.67. The molecule has 2 aliphatic rings. The summed E-state index contributed by atoms with van der Waals surface area (Å²) in [6.45, 7) is 1.83. The van der Waals surface area contributed by atoms with E-state index in [0.29, 0.717) is 48.5 Å². The molecule has 0 spiro atoms. The Labute approximate surface area is 184 Å². The van der Waals surface area contributed by atoms with Gasteiger partial charge in [0, 0.05) is 55.2 Å². The van der Waals surface area contributed by atoms with Gasteiger partial charge in [0.15, 0.2) is 0 Å². The Morgan fingerprint density at radius 2 is 1.78 bits per heavy atom. The fourth-order valence-corrected chi connectivity index (χ4v) is 5.58. The first-order valence-electron chi connectivity index (χ1n) is 10.2. The normalized spacial score (nSPS) is 17.7. The molecule has 5 rings (SSSR count). The van der Waals surface area contributed by atoms with Gasteiger partial charge in [0.1, 0.15) is 17.1 Å². The van der Waals surface area contributed by atoms with Crippen molar-refractivity contribution >= 4 is 38.7 Å². The number of piperazine rings is 1. The first-order valence-corrected chi connectivity index (χ1v) is 11.6. The Hall–Kier alpha value is -3.44. The molecule has 10 nitrogen and oxygen atoms in total. The molecule has 11 heteroatoms. The van der Waals surface area contributed by atoms with E-state index in [2.05, 4.69) is 9.97 Å². The number of amides is 2. The number of fused-ring (bicyclic) bond motifs is 1. The minimum atomic E-state index is -3.70. The quantitative estimate of drug-likeness (QED) is 0.640. The van der Waals surface area contributed by atoms with Crippen LogP contribution in [0, 0.1) is 0 Å². The average molecular weight is 455 g/mol. The molecule has 2 fully saturated rings. The largest absolute Gasteiger partial charge is 0.447 e. The number of hydrogen-bond donors (Lipinski definition) is 1. The van der Waals surface area contributed by atoms with Crippen molar-refractivity contribution in [2.75, 3.05) is 44.2 Å². The molecular weight excluding hydrogens is 434 g/mol. The molecule has 3 aromatic rings. The van der Waals surface area contributed by atoms with Crippen LogP contribution in [0.15, 0.2) is 53.7 Å². The second-order valence-corrected chi connectivity index (χ2v) is 9.47. The van der Waals surface area contributed by atoms with Crippen molar-refractivity contribution in [1.29, 1.82) is 0 Å². The summed E-state index contributed by atoms with van der Waals surface area (Å²) in [4.78, 5) is 35.0. The molecule has 0 bridgehead atoms. The van der Waals surface area contributed by atoms with E-state index in [1.807, 2.05) is 0 Å². The molecule has 0 aliphatic carbocycles. The van der Waals surface area contributed by atoms with E-state index in [-0.39, 0.29) is 23.9 Å². The van der Waals surface area contributed by atoms with Crippen LogP contribution in [0.2, 0.25) is 0 Å². The Bertz CT molecular complexity index is 1280. The number of aromatic nitrogens is 2. The number of anilines is 1. The molecule has 4 heterocycles. The Balaban J connectivity index is 1.26. The van der Waals surface area contributed by atoms with Crippen LogP contribution in [-0.2, 0) is 14.8 Å². The highest BCUT2D eigenvalue weighted by atomic mass is 32.2. The van der Waals surface area contributed by atoms with Crippen LogP contribution in [0.1, 0.15) is 10.4 Å². The fourth-order valence-electron chi connectivity index (χ4n) is 4.01. The highest BCUT2D eigenvalue weighted by molar-refractivity contribution is 7.89. The van der Waals surface area contributed by atoms with Crippen molar-refractivity contribution in [1.82, 2.24) is 19.2 Å². The highest BCUT2D eigenvalue weighted by Crippen LogP contribution is 2.26. The van der Waals surface area contributed by atoms with Crippen molar-refractivity contribution in [3.8, 4) is 0 Å². The molecular formula is C21H21N5O5S. The molecule has 32 heavy (non-hydrogen) atoms. The Morgan fingerprint density at radius 3 is 2.47 bits per heavy atom. The summed E-state index contributed by atoms with van der Waals surface area (Å²) >= 11 is 0. The minimum Gasteiger partial charge on any atom is -0.447 e. The number of nitrogens with one attached hydrogen (secondary N) is 1. The monoisotopic (exact) mass is 455 g/mol. The van der Waals surface area contributed by atoms with Crippen LogP contribution in [0.4, 0.5) is 10.5 Å². The lowest BCUT2D eigenvalue weighted by atomic mass is 10.1. The van der Waals surface area contributed by atoms with E-state index in [1.165, 1.54) is 15.4 Å². The maximum atomic E-state index is 13.1. The van der Waals surface area contributed by atoms with Gasteiger partial charge in [0.2, 0.25) is 10.0 Å². The maximum Gasteiger partial charge on any atom is 0.414 e. The number of carbonyl (C=O) groups is 2. The third kappa shape index (κ3) is 3.49. The second-order valence-electron chi connectivity index (χ2n) is 7.56. The van der Waals surface area contributed by atoms with Gasteiger partial charge in [-0.15, -0.1) is 0 Å². The number of benzene rings is 1. The molecule has 1 aromatic carbocycles. The SMILES string of the molecule is O=C(c1ccc(N2CCOC2=O)cc1)N1CCN(S(=O)(=O)c2c[nH]c3ncccc23)CC1. The van der Waals surface area contributed by atoms with Crippen LogP contribution in [0.25, 0.3) is 11.0 Å². The lowest BCUT2D eigenvalue weighted by Gasteiger charge is -2.34. The average Bonchev–Trinajstić information content (AvgIpc) is 3.45. The number of cyclic esters (lactones) is 1. The summed E-state index contributed by atoms with van der Waals surface area (Å²) in [5.74, 6) is -0.172. The van der Waals surface area contributed by atoms with E-state index in [9.17, 15) is 18.0 Å². The van der Waals surface area contributed by atoms with Crippen molar-refractivity contribution in [2.24, 2.45) is 0 Å². The third-order valence-electron chi connectivity index (χ3n) is 5.74. The van der Waals surface area contributed by atoms with Crippen molar-refractivity contribution in [3.05, 3.63) is 54.4 Å². The van der Waals surface area contributed by atoms with Gasteiger partial charge in [-0.1, -0.05) is 0 Å². The van der Waals surface area contributed by atoms with Gasteiger partial charge in [-0.2, -0.15) is 4.31 Å². The van der Waals surface area contributed by atoms with Gasteiger partial charge in [-0.3, -0.25) is 9.69 Å². The van der Waals surface area contributed by atoms with E-state index >= 15 is 0 Å². The standard InChI is InChI=1S/C21H21N5O5S/c27-20(15-3-5-16(6-4-15)26-12-13-31-21(26)28)24-8-10-25(11-9-24)32(29,30)18-14-23-19-17(18)2-1-7-22-19/h1-7,14H,8-13H2,(H,22,23). The molecule has 2 saturated heterocycles. The van der Waals surface area contributed by atoms with Gasteiger partial charge < -0.3 is 14.6 Å². The fraction of sp³-hybridized carbons (Fsp3) is 0.286. The number of aromatic amines is 1. The van der Waals surface area contributed by atoms with Crippen LogP contribution in [-0.4, -0.2) is 78.9 Å². The summed E-state index contributed by atoms with van der Waals surface area (Å²) in [7, 11) is -3.70. The van der Waals surface area contributed by atoms with E-state index < -0.39 is 16.1 Å². The Morgan fingerprint density at radius 1 is 1.03 bits per heavy atom. The maximum absolute atomic E-state index is 13.1. The van der Waals surface area contributed by atoms with E-state index in [0.717, 1.165) is 0 Å². The third-order valence-corrected chi connectivity index (χ3v) is 7.68. The first kappa shape index (κ1) is 20.5. The van der Waals surface area contributed by atoms with E-state index in [4.69, 9.17) is 4.74 Å². The number of rotatable bonds is 4. The first-order chi connectivity index (χ1) is 15.4. The number of pyridine rings is 1. The van der Waals surface area contributed by atoms with Crippen molar-refractivity contribution in [3.63, 3.8) is 0 Å². The highest BCUT2D eigenvalue weighted by Gasteiger charge is 2.32. The zero-order chi connectivity index (χ0) is 22.3. The van der Waals surface area contributed by atoms with Crippen molar-refractivity contribution in [2.45, 2.75) is 4.90 Å². The van der Waals surface area contributed by atoms with Gasteiger partial charge in [0.25, 0.3) is 5.91 Å². The van der Waals surface area contributed by atoms with Crippen LogP contribution < -0.4 is 4.90 Å². The molecule has 2 aromatic heterocycles. The van der Waals surface area contributed by atoms with E-state index in [1.54, 1.807) is 47.5 Å². The number of hydrogen-bond acceptors (Lipinski definition) is 6. The lowest BCUT2D eigenvalue weighted by molar-refractivity contribution is 0.0698. The number of nitrogens with zero attached hydrogens (tertiary/aromatic N) is 4. The zero-order valence-corrected chi connectivity index (χ0v) is 17.9. The summed E-state index contributed by atoms with van der Waals surface area (Å²) in [5, 5.41) is 0.549. The zero-order valence-electron chi connectivity index (χ0n) is 17.1. The molecule has 0 saturated carbocycles. The topological polar surface area (TPSA) is 116 Å². The summed E-state index contributed by atoms with van der Waals surface area (Å²) < 4.78 is 32.6. The molecule has 0 atom stereocenters. The Kier molecular flexibility index (Phi) is 5.06. The van der Waals surface area contributed by atoms with Gasteiger partial charge in [0.05, 0.1) is 6.54 Å². The smallest absolute Gasteiger partial charge is 0.414 e. The van der Waals surface area contributed by atoms with Gasteiger partial charge in [-0.25, -0.2) is 18.2 Å². The molecule has 0 radical (unpaired) electrons. The number of H-pyrrole nitrogens is 1. The van der Waals surface area contributed by atoms with Crippen LogP contribution in [0.3, 0.4) is 0 Å². The van der Waals surface area contributed by atoms with Crippen LogP contribution in [0.5, 0.6) is 0 Å². The van der Waals surface area contributed by atoms with Gasteiger partial charge in [-0.05, 0) is 36.4 Å².